The van der Waals surface area contributed by atoms with Crippen molar-refractivity contribution < 1.29 is 14.8 Å². The van der Waals surface area contributed by atoms with Gasteiger partial charge in [-0.15, -0.1) is 0 Å². The van der Waals surface area contributed by atoms with E-state index in [1.165, 1.54) is 12.1 Å². The van der Waals surface area contributed by atoms with Crippen LogP contribution in [0, 0.1) is 10.1 Å². The maximum absolute atomic E-state index is 10.5. The molecule has 7 heteroatoms. The first-order chi connectivity index (χ1) is 8.50. The minimum Gasteiger partial charge on any atom is -0.481 e. The maximum Gasteiger partial charge on any atom is 0.303 e. The number of nitrogens with one attached hydrogen (secondary N) is 1. The van der Waals surface area contributed by atoms with Gasteiger partial charge in [0.05, 0.1) is 9.95 Å². The maximum atomic E-state index is 10.5. The van der Waals surface area contributed by atoms with Crippen LogP contribution in [0.4, 0.5) is 5.69 Å². The average Bonchev–Trinajstić information content (AvgIpc) is 2.29. The summed E-state index contributed by atoms with van der Waals surface area (Å²) in [7, 11) is 0. The van der Waals surface area contributed by atoms with E-state index < -0.39 is 10.9 Å². The molecule has 0 aliphatic rings. The Morgan fingerprint density at radius 1 is 1.50 bits per heavy atom. The number of halogens is 1. The van der Waals surface area contributed by atoms with Gasteiger partial charge in [0, 0.05) is 25.1 Å². The van der Waals surface area contributed by atoms with E-state index in [1.54, 1.807) is 6.07 Å². The number of hydrogen-bond donors (Lipinski definition) is 2. The minimum absolute atomic E-state index is 0.0466. The van der Waals surface area contributed by atoms with Crippen molar-refractivity contribution in [2.45, 2.75) is 19.4 Å². The summed E-state index contributed by atoms with van der Waals surface area (Å²) in [5, 5.41) is 22.3. The molecule has 6 nitrogen and oxygen atoms in total. The Morgan fingerprint density at radius 2 is 2.22 bits per heavy atom. The van der Waals surface area contributed by atoms with Crippen LogP contribution < -0.4 is 5.32 Å². The van der Waals surface area contributed by atoms with Crippen LogP contribution in [0.1, 0.15) is 18.4 Å². The van der Waals surface area contributed by atoms with Gasteiger partial charge in [0.2, 0.25) is 0 Å². The molecule has 0 fully saturated rings. The van der Waals surface area contributed by atoms with Gasteiger partial charge < -0.3 is 10.4 Å². The molecule has 0 unspecified atom stereocenters. The molecular formula is C11H13ClN2O4. The third-order valence-corrected chi connectivity index (χ3v) is 2.66. The Kier molecular flexibility index (Phi) is 5.54. The number of rotatable bonds is 7. The average molecular weight is 273 g/mol. The zero-order valence-electron chi connectivity index (χ0n) is 9.56. The summed E-state index contributed by atoms with van der Waals surface area (Å²) in [5.41, 5.74) is 0.701. The predicted molar refractivity (Wildman–Crippen MR) is 66.7 cm³/mol. The Bertz CT molecular complexity index is 451. The highest BCUT2D eigenvalue weighted by atomic mass is 35.5. The molecule has 2 N–H and O–H groups in total. The second kappa shape index (κ2) is 6.93. The van der Waals surface area contributed by atoms with Gasteiger partial charge in [0.25, 0.3) is 5.69 Å². The third kappa shape index (κ3) is 4.68. The highest BCUT2D eigenvalue weighted by Gasteiger charge is 2.08. The van der Waals surface area contributed by atoms with E-state index in [0.29, 0.717) is 24.5 Å². The largest absolute Gasteiger partial charge is 0.481 e. The molecule has 1 rings (SSSR count). The molecule has 0 aliphatic carbocycles. The molecule has 0 atom stereocenters. The van der Waals surface area contributed by atoms with E-state index in [9.17, 15) is 14.9 Å². The van der Waals surface area contributed by atoms with Gasteiger partial charge >= 0.3 is 5.97 Å². The fraction of sp³-hybridized carbons (Fsp3) is 0.364. The summed E-state index contributed by atoms with van der Waals surface area (Å²) in [6, 6.07) is 4.28. The molecule has 0 radical (unpaired) electrons. The smallest absolute Gasteiger partial charge is 0.303 e. The third-order valence-electron chi connectivity index (χ3n) is 2.31. The lowest BCUT2D eigenvalue weighted by atomic mass is 10.2. The van der Waals surface area contributed by atoms with Crippen LogP contribution in [-0.2, 0) is 11.3 Å². The van der Waals surface area contributed by atoms with Crippen LogP contribution in [0.15, 0.2) is 18.2 Å². The first-order valence-corrected chi connectivity index (χ1v) is 5.74. The fourth-order valence-electron chi connectivity index (χ4n) is 1.38. The first kappa shape index (κ1) is 14.4. The zero-order valence-corrected chi connectivity index (χ0v) is 10.3. The standard InChI is InChI=1S/C11H13ClN2O4/c12-10-6-9(14(17)18)4-3-8(10)7-13-5-1-2-11(15)16/h3-4,6,13H,1-2,5,7H2,(H,15,16). The molecule has 18 heavy (non-hydrogen) atoms. The number of carbonyl (C=O) groups is 1. The minimum atomic E-state index is -0.829. The monoisotopic (exact) mass is 272 g/mol. The van der Waals surface area contributed by atoms with Crippen molar-refractivity contribution in [1.82, 2.24) is 5.32 Å². The number of carboxylic acids is 1. The number of aliphatic carboxylic acids is 1. The van der Waals surface area contributed by atoms with Crippen LogP contribution in [0.3, 0.4) is 0 Å². The quantitative estimate of drug-likeness (QED) is 0.451. The molecule has 0 heterocycles. The van der Waals surface area contributed by atoms with Crippen molar-refractivity contribution in [2.75, 3.05) is 6.54 Å². The second-order valence-electron chi connectivity index (χ2n) is 3.71. The van der Waals surface area contributed by atoms with Gasteiger partial charge in [-0.1, -0.05) is 11.6 Å². The summed E-state index contributed by atoms with van der Waals surface area (Å²) in [6.45, 7) is 1.01. The van der Waals surface area contributed by atoms with Gasteiger partial charge in [-0.25, -0.2) is 0 Å². The van der Waals surface area contributed by atoms with E-state index in [4.69, 9.17) is 16.7 Å². The van der Waals surface area contributed by atoms with Gasteiger partial charge in [-0.2, -0.15) is 0 Å². The summed E-state index contributed by atoms with van der Waals surface area (Å²) in [4.78, 5) is 20.3. The molecule has 1 aromatic rings. The summed E-state index contributed by atoms with van der Waals surface area (Å²) >= 11 is 5.90. The summed E-state index contributed by atoms with van der Waals surface area (Å²) < 4.78 is 0. The van der Waals surface area contributed by atoms with Crippen molar-refractivity contribution in [3.8, 4) is 0 Å². The molecule has 0 spiro atoms. The lowest BCUT2D eigenvalue weighted by Gasteiger charge is -2.05. The van der Waals surface area contributed by atoms with Crippen molar-refractivity contribution in [3.63, 3.8) is 0 Å². The van der Waals surface area contributed by atoms with Crippen molar-refractivity contribution in [2.24, 2.45) is 0 Å². The van der Waals surface area contributed by atoms with Gasteiger partial charge in [-0.05, 0) is 24.6 Å². The van der Waals surface area contributed by atoms with E-state index >= 15 is 0 Å². The van der Waals surface area contributed by atoms with Crippen LogP contribution in [-0.4, -0.2) is 22.5 Å². The van der Waals surface area contributed by atoms with Crippen LogP contribution >= 0.6 is 11.6 Å². The molecule has 0 bridgehead atoms. The number of carboxylic acid groups (broad SMARTS) is 1. The number of benzene rings is 1. The van der Waals surface area contributed by atoms with Crippen LogP contribution in [0.5, 0.6) is 0 Å². The van der Waals surface area contributed by atoms with E-state index in [0.717, 1.165) is 5.56 Å². The molecule has 1 aromatic carbocycles. The lowest BCUT2D eigenvalue weighted by molar-refractivity contribution is -0.384. The van der Waals surface area contributed by atoms with Crippen LogP contribution in [0.2, 0.25) is 5.02 Å². The second-order valence-corrected chi connectivity index (χ2v) is 4.11. The Balaban J connectivity index is 2.43. The molecule has 0 aromatic heterocycles. The van der Waals surface area contributed by atoms with Crippen molar-refractivity contribution in [3.05, 3.63) is 38.9 Å². The number of nitrogens with zero attached hydrogens (tertiary/aromatic N) is 1. The highest BCUT2D eigenvalue weighted by molar-refractivity contribution is 6.31. The fourth-order valence-corrected chi connectivity index (χ4v) is 1.62. The normalized spacial score (nSPS) is 10.3. The van der Waals surface area contributed by atoms with E-state index in [-0.39, 0.29) is 12.1 Å². The first-order valence-electron chi connectivity index (χ1n) is 5.36. The molecule has 0 saturated heterocycles. The number of non-ortho nitro benzene ring substituents is 1. The number of nitro groups is 1. The zero-order chi connectivity index (χ0) is 13.5. The highest BCUT2D eigenvalue weighted by Crippen LogP contribution is 2.22. The summed E-state index contributed by atoms with van der Waals surface area (Å²) in [6.07, 6.45) is 0.640. The SMILES string of the molecule is O=C(O)CCCNCc1ccc([N+](=O)[O-])cc1Cl. The van der Waals surface area contributed by atoms with Gasteiger partial charge in [0.1, 0.15) is 0 Å². The van der Waals surface area contributed by atoms with E-state index in [2.05, 4.69) is 5.32 Å². The predicted octanol–water partition coefficient (Wildman–Crippen LogP) is 2.20. The van der Waals surface area contributed by atoms with Crippen molar-refractivity contribution >= 4 is 23.3 Å². The summed E-state index contributed by atoms with van der Waals surface area (Å²) in [5.74, 6) is -0.829. The Hall–Kier alpha value is -1.66. The Labute approximate surface area is 109 Å². The molecule has 0 amide bonds. The van der Waals surface area contributed by atoms with Gasteiger partial charge in [-0.3, -0.25) is 14.9 Å². The number of hydrogen-bond acceptors (Lipinski definition) is 4. The molecule has 0 aliphatic heterocycles. The molecule has 0 saturated carbocycles. The molecule has 98 valence electrons. The Morgan fingerprint density at radius 3 is 2.78 bits per heavy atom. The lowest BCUT2D eigenvalue weighted by Crippen LogP contribution is -2.16. The number of nitro benzene ring substituents is 1. The topological polar surface area (TPSA) is 92.5 Å². The van der Waals surface area contributed by atoms with E-state index in [1.807, 2.05) is 0 Å². The van der Waals surface area contributed by atoms with Crippen molar-refractivity contribution in [1.29, 1.82) is 0 Å². The van der Waals surface area contributed by atoms with Crippen LogP contribution in [0.25, 0.3) is 0 Å². The van der Waals surface area contributed by atoms with Gasteiger partial charge in [0.15, 0.2) is 0 Å². The molecular weight excluding hydrogens is 260 g/mol.